The van der Waals surface area contributed by atoms with Gasteiger partial charge in [-0.2, -0.15) is 0 Å². The number of pyridine rings is 1. The van der Waals surface area contributed by atoms with E-state index in [1.54, 1.807) is 0 Å². The quantitative estimate of drug-likeness (QED) is 0.611. The van der Waals surface area contributed by atoms with Crippen molar-refractivity contribution in [3.8, 4) is 0 Å². The minimum atomic E-state index is 0.441. The fourth-order valence-corrected chi connectivity index (χ4v) is 3.37. The summed E-state index contributed by atoms with van der Waals surface area (Å²) in [6, 6.07) is 6.57. The van der Waals surface area contributed by atoms with Crippen molar-refractivity contribution < 1.29 is 0 Å². The summed E-state index contributed by atoms with van der Waals surface area (Å²) in [4.78, 5) is 4.39. The molecule has 2 rings (SSSR count). The Hall–Kier alpha value is -0.930. The van der Waals surface area contributed by atoms with Crippen LogP contribution in [0.4, 0.5) is 0 Å². The molecule has 1 aromatic heterocycles. The van der Waals surface area contributed by atoms with Crippen LogP contribution < -0.4 is 11.3 Å². The van der Waals surface area contributed by atoms with Crippen LogP contribution in [0.5, 0.6) is 0 Å². The van der Waals surface area contributed by atoms with Crippen molar-refractivity contribution in [1.82, 2.24) is 10.4 Å². The Morgan fingerprint density at radius 1 is 1.42 bits per heavy atom. The predicted molar refractivity (Wildman–Crippen MR) is 79.4 cm³/mol. The average molecular weight is 261 g/mol. The summed E-state index contributed by atoms with van der Waals surface area (Å²) in [5.41, 5.74) is 4.23. The monoisotopic (exact) mass is 261 g/mol. The number of hydrogen-bond acceptors (Lipinski definition) is 3. The first-order valence-electron chi connectivity index (χ1n) is 7.69. The Kier molecular flexibility index (Phi) is 5.80. The Labute approximate surface area is 117 Å². The highest BCUT2D eigenvalue weighted by molar-refractivity contribution is 5.04. The molecule has 0 aliphatic heterocycles. The van der Waals surface area contributed by atoms with Gasteiger partial charge in [-0.15, -0.1) is 0 Å². The van der Waals surface area contributed by atoms with Crippen LogP contribution in [0.3, 0.4) is 0 Å². The minimum Gasteiger partial charge on any atom is -0.271 e. The molecule has 0 aromatic carbocycles. The summed E-state index contributed by atoms with van der Waals surface area (Å²) >= 11 is 0. The molecule has 3 atom stereocenters. The Morgan fingerprint density at radius 2 is 2.32 bits per heavy atom. The van der Waals surface area contributed by atoms with Gasteiger partial charge in [0, 0.05) is 17.9 Å². The van der Waals surface area contributed by atoms with Gasteiger partial charge in [-0.1, -0.05) is 32.3 Å². The Balaban J connectivity index is 1.85. The van der Waals surface area contributed by atoms with E-state index in [0.717, 1.165) is 24.7 Å². The van der Waals surface area contributed by atoms with Crippen molar-refractivity contribution in [3.63, 3.8) is 0 Å². The number of hydrazine groups is 1. The minimum absolute atomic E-state index is 0.441. The maximum absolute atomic E-state index is 5.78. The number of nitrogens with two attached hydrogens (primary N) is 1. The van der Waals surface area contributed by atoms with E-state index in [1.807, 2.05) is 12.3 Å². The lowest BCUT2D eigenvalue weighted by molar-refractivity contribution is 0.202. The third-order valence-corrected chi connectivity index (χ3v) is 4.62. The number of nitrogens with zero attached hydrogens (tertiary/aromatic N) is 1. The molecule has 3 N–H and O–H groups in total. The van der Waals surface area contributed by atoms with Crippen LogP contribution in [0.2, 0.25) is 0 Å². The first kappa shape index (κ1) is 14.5. The Morgan fingerprint density at radius 3 is 3.00 bits per heavy atom. The van der Waals surface area contributed by atoms with Crippen LogP contribution in [0, 0.1) is 11.8 Å². The number of aryl methyl sites for hydroxylation is 1. The predicted octanol–water partition coefficient (Wildman–Crippen LogP) is 3.06. The molecule has 1 saturated carbocycles. The molecule has 106 valence electrons. The molecule has 0 radical (unpaired) electrons. The van der Waals surface area contributed by atoms with Gasteiger partial charge in [0.05, 0.1) is 0 Å². The third kappa shape index (κ3) is 4.29. The normalized spacial score (nSPS) is 25.2. The number of nitrogens with one attached hydrogen (secondary N) is 1. The van der Waals surface area contributed by atoms with Gasteiger partial charge in [-0.05, 0) is 49.7 Å². The maximum Gasteiger partial charge on any atom is 0.0404 e. The SMILES string of the molecule is CCC1CCCC(C(CCc2ccccn2)NN)C1. The smallest absolute Gasteiger partial charge is 0.0404 e. The Bertz CT molecular complexity index is 352. The van der Waals surface area contributed by atoms with Crippen molar-refractivity contribution in [1.29, 1.82) is 0 Å². The van der Waals surface area contributed by atoms with Crippen molar-refractivity contribution in [3.05, 3.63) is 30.1 Å². The van der Waals surface area contributed by atoms with Gasteiger partial charge in [-0.3, -0.25) is 16.3 Å². The zero-order valence-electron chi connectivity index (χ0n) is 12.0. The van der Waals surface area contributed by atoms with E-state index in [2.05, 4.69) is 29.5 Å². The summed E-state index contributed by atoms with van der Waals surface area (Å²) in [5, 5.41) is 0. The molecule has 3 nitrogen and oxygen atoms in total. The highest BCUT2D eigenvalue weighted by atomic mass is 15.2. The fourth-order valence-electron chi connectivity index (χ4n) is 3.37. The average Bonchev–Trinajstić information content (AvgIpc) is 2.49. The maximum atomic E-state index is 5.78. The third-order valence-electron chi connectivity index (χ3n) is 4.62. The van der Waals surface area contributed by atoms with Gasteiger partial charge in [0.15, 0.2) is 0 Å². The zero-order chi connectivity index (χ0) is 13.5. The summed E-state index contributed by atoms with van der Waals surface area (Å²) in [6.45, 7) is 2.31. The molecule has 0 amide bonds. The molecule has 1 heterocycles. The van der Waals surface area contributed by atoms with Crippen molar-refractivity contribution in [2.75, 3.05) is 0 Å². The molecule has 1 aliphatic rings. The lowest BCUT2D eigenvalue weighted by Crippen LogP contribution is -2.43. The number of aromatic nitrogens is 1. The molecule has 1 aliphatic carbocycles. The molecule has 3 heteroatoms. The van der Waals surface area contributed by atoms with Crippen molar-refractivity contribution in [2.45, 2.75) is 57.9 Å². The molecule has 19 heavy (non-hydrogen) atoms. The summed E-state index contributed by atoms with van der Waals surface area (Å²) in [7, 11) is 0. The van der Waals surface area contributed by atoms with Gasteiger partial charge in [0.2, 0.25) is 0 Å². The van der Waals surface area contributed by atoms with E-state index < -0.39 is 0 Å². The second-order valence-corrected chi connectivity index (χ2v) is 5.83. The van der Waals surface area contributed by atoms with Crippen LogP contribution in [-0.2, 0) is 6.42 Å². The van der Waals surface area contributed by atoms with Crippen LogP contribution in [0.25, 0.3) is 0 Å². The van der Waals surface area contributed by atoms with Crippen molar-refractivity contribution >= 4 is 0 Å². The molecular formula is C16H27N3. The standard InChI is InChI=1S/C16H27N3/c1-2-13-6-5-7-14(12-13)16(19-17)10-9-15-8-3-4-11-18-15/h3-4,8,11,13-14,16,19H,2,5-7,9-10,12,17H2,1H3. The van der Waals surface area contributed by atoms with Crippen molar-refractivity contribution in [2.24, 2.45) is 17.7 Å². The van der Waals surface area contributed by atoms with E-state index in [9.17, 15) is 0 Å². The van der Waals surface area contributed by atoms with Gasteiger partial charge < -0.3 is 0 Å². The van der Waals surface area contributed by atoms with E-state index in [4.69, 9.17) is 5.84 Å². The van der Waals surface area contributed by atoms with E-state index >= 15 is 0 Å². The van der Waals surface area contributed by atoms with Gasteiger partial charge in [-0.25, -0.2) is 0 Å². The van der Waals surface area contributed by atoms with E-state index in [1.165, 1.54) is 37.8 Å². The largest absolute Gasteiger partial charge is 0.271 e. The number of hydrogen-bond donors (Lipinski definition) is 2. The van der Waals surface area contributed by atoms with Gasteiger partial charge in [0.25, 0.3) is 0 Å². The molecule has 1 fully saturated rings. The molecule has 0 bridgehead atoms. The highest BCUT2D eigenvalue weighted by Gasteiger charge is 2.26. The molecule has 0 saturated heterocycles. The van der Waals surface area contributed by atoms with Crippen LogP contribution >= 0.6 is 0 Å². The lowest BCUT2D eigenvalue weighted by atomic mass is 9.76. The fraction of sp³-hybridized carbons (Fsp3) is 0.688. The molecule has 3 unspecified atom stereocenters. The van der Waals surface area contributed by atoms with E-state index in [0.29, 0.717) is 6.04 Å². The van der Waals surface area contributed by atoms with Crippen LogP contribution in [0.1, 0.15) is 51.1 Å². The summed E-state index contributed by atoms with van der Waals surface area (Å²) < 4.78 is 0. The zero-order valence-corrected chi connectivity index (χ0v) is 12.0. The first-order chi connectivity index (χ1) is 9.33. The van der Waals surface area contributed by atoms with Crippen LogP contribution in [-0.4, -0.2) is 11.0 Å². The molecule has 1 aromatic rings. The topological polar surface area (TPSA) is 50.9 Å². The van der Waals surface area contributed by atoms with E-state index in [-0.39, 0.29) is 0 Å². The molecular weight excluding hydrogens is 234 g/mol. The van der Waals surface area contributed by atoms with Crippen LogP contribution in [0.15, 0.2) is 24.4 Å². The second-order valence-electron chi connectivity index (χ2n) is 5.83. The van der Waals surface area contributed by atoms with Gasteiger partial charge in [0.1, 0.15) is 0 Å². The molecule has 0 spiro atoms. The summed E-state index contributed by atoms with van der Waals surface area (Å²) in [6.07, 6.45) is 10.7. The second kappa shape index (κ2) is 7.61. The number of rotatable bonds is 6. The highest BCUT2D eigenvalue weighted by Crippen LogP contribution is 2.33. The summed E-state index contributed by atoms with van der Waals surface area (Å²) in [5.74, 6) is 7.43. The van der Waals surface area contributed by atoms with Gasteiger partial charge >= 0.3 is 0 Å². The lowest BCUT2D eigenvalue weighted by Gasteiger charge is -2.34. The first-order valence-corrected chi connectivity index (χ1v) is 7.69.